The predicted octanol–water partition coefficient (Wildman–Crippen LogP) is 5.65. The second-order valence-corrected chi connectivity index (χ2v) is 8.95. The van der Waals surface area contributed by atoms with Gasteiger partial charge in [-0.2, -0.15) is 0 Å². The Kier molecular flexibility index (Phi) is 5.24. The molecule has 0 atom stereocenters. The van der Waals surface area contributed by atoms with Gasteiger partial charge in [0.1, 0.15) is 10.8 Å². The van der Waals surface area contributed by atoms with E-state index in [1.807, 2.05) is 11.3 Å². The fourth-order valence-electron chi connectivity index (χ4n) is 4.50. The van der Waals surface area contributed by atoms with Gasteiger partial charge >= 0.3 is 0 Å². The third kappa shape index (κ3) is 3.39. The summed E-state index contributed by atoms with van der Waals surface area (Å²) in [6, 6.07) is 7.01. The molecule has 1 aliphatic carbocycles. The van der Waals surface area contributed by atoms with E-state index in [-0.39, 0.29) is 0 Å². The minimum absolute atomic E-state index is 0.570. The molecule has 0 amide bonds. The maximum absolute atomic E-state index is 5.78. The topological polar surface area (TPSA) is 30.3 Å². The van der Waals surface area contributed by atoms with Crippen LogP contribution in [0.1, 0.15) is 48.8 Å². The Balaban J connectivity index is 1.90. The van der Waals surface area contributed by atoms with E-state index in [9.17, 15) is 0 Å². The molecule has 1 saturated carbocycles. The highest BCUT2D eigenvalue weighted by Gasteiger charge is 2.25. The molecule has 27 heavy (non-hydrogen) atoms. The van der Waals surface area contributed by atoms with Crippen molar-refractivity contribution >= 4 is 22.2 Å². The maximum Gasteiger partial charge on any atom is 0.143 e. The van der Waals surface area contributed by atoms with Gasteiger partial charge < -0.3 is 14.2 Å². The van der Waals surface area contributed by atoms with E-state index in [0.29, 0.717) is 6.04 Å². The van der Waals surface area contributed by atoms with E-state index in [1.54, 1.807) is 7.11 Å². The first-order valence-electron chi connectivity index (χ1n) is 9.87. The molecule has 0 radical (unpaired) electrons. The van der Waals surface area contributed by atoms with Crippen LogP contribution in [0.15, 0.2) is 24.4 Å². The number of aromatic nitrogens is 2. The molecule has 2 aromatic heterocycles. The summed E-state index contributed by atoms with van der Waals surface area (Å²) in [5.41, 5.74) is 3.93. The quantitative estimate of drug-likeness (QED) is 0.570. The molecule has 1 fully saturated rings. The SMILES string of the molecule is COc1cccc2c(-c3cnc(CN(C)C)s3)c(C)n(C3CCCCC3)c12. The van der Waals surface area contributed by atoms with Gasteiger partial charge in [0.25, 0.3) is 0 Å². The smallest absolute Gasteiger partial charge is 0.143 e. The number of benzene rings is 1. The molecule has 0 saturated heterocycles. The number of methoxy groups -OCH3 is 1. The third-order valence-corrected chi connectivity index (χ3v) is 6.64. The van der Waals surface area contributed by atoms with Crippen LogP contribution in [0.3, 0.4) is 0 Å². The largest absolute Gasteiger partial charge is 0.495 e. The number of rotatable bonds is 5. The van der Waals surface area contributed by atoms with Crippen molar-refractivity contribution in [1.82, 2.24) is 14.5 Å². The van der Waals surface area contributed by atoms with E-state index >= 15 is 0 Å². The van der Waals surface area contributed by atoms with Crippen molar-refractivity contribution in [3.8, 4) is 16.2 Å². The summed E-state index contributed by atoms with van der Waals surface area (Å²) in [5.74, 6) is 0.977. The Morgan fingerprint density at radius 3 is 2.70 bits per heavy atom. The molecule has 2 heterocycles. The first kappa shape index (κ1) is 18.5. The van der Waals surface area contributed by atoms with Gasteiger partial charge in [0.05, 0.1) is 17.5 Å². The molecule has 0 N–H and O–H groups in total. The Labute approximate surface area is 165 Å². The number of fused-ring (bicyclic) bond motifs is 1. The fourth-order valence-corrected chi connectivity index (χ4v) is 5.64. The Morgan fingerprint density at radius 1 is 1.22 bits per heavy atom. The molecule has 0 bridgehead atoms. The van der Waals surface area contributed by atoms with Crippen LogP contribution < -0.4 is 4.74 Å². The van der Waals surface area contributed by atoms with Gasteiger partial charge in [0.2, 0.25) is 0 Å². The number of hydrogen-bond donors (Lipinski definition) is 0. The first-order chi connectivity index (χ1) is 13.1. The average molecular weight is 384 g/mol. The number of thiazole rings is 1. The predicted molar refractivity (Wildman–Crippen MR) is 114 cm³/mol. The number of para-hydroxylation sites is 1. The molecule has 1 aliphatic rings. The minimum atomic E-state index is 0.570. The lowest BCUT2D eigenvalue weighted by molar-refractivity contribution is 0.352. The minimum Gasteiger partial charge on any atom is -0.495 e. The lowest BCUT2D eigenvalue weighted by Gasteiger charge is -2.26. The Bertz CT molecular complexity index is 935. The van der Waals surface area contributed by atoms with Crippen LogP contribution in [0, 0.1) is 6.92 Å². The summed E-state index contributed by atoms with van der Waals surface area (Å²) < 4.78 is 8.34. The highest BCUT2D eigenvalue weighted by molar-refractivity contribution is 7.15. The van der Waals surface area contributed by atoms with E-state index in [2.05, 4.69) is 59.9 Å². The van der Waals surface area contributed by atoms with Gasteiger partial charge in [-0.25, -0.2) is 4.98 Å². The van der Waals surface area contributed by atoms with Crippen LogP contribution in [0.5, 0.6) is 5.75 Å². The van der Waals surface area contributed by atoms with Gasteiger partial charge in [0.15, 0.2) is 0 Å². The molecule has 0 spiro atoms. The van der Waals surface area contributed by atoms with Crippen LogP contribution in [0.4, 0.5) is 0 Å². The molecule has 5 heteroatoms. The van der Waals surface area contributed by atoms with Crippen LogP contribution in [-0.4, -0.2) is 35.7 Å². The normalized spacial score (nSPS) is 15.7. The van der Waals surface area contributed by atoms with E-state index in [4.69, 9.17) is 4.74 Å². The second kappa shape index (κ2) is 7.64. The van der Waals surface area contributed by atoms with Crippen molar-refractivity contribution in [2.75, 3.05) is 21.2 Å². The van der Waals surface area contributed by atoms with E-state index in [0.717, 1.165) is 17.3 Å². The molecular formula is C22H29N3OS. The van der Waals surface area contributed by atoms with Crippen LogP contribution in [0.2, 0.25) is 0 Å². The molecule has 0 aliphatic heterocycles. The standard InChI is InChI=1S/C22H29N3OS/c1-15-21(19-13-23-20(27-19)14-24(2)3)17-11-8-12-18(26-4)22(17)25(15)16-9-6-5-7-10-16/h8,11-13,16H,5-7,9-10,14H2,1-4H3. The number of hydrogen-bond acceptors (Lipinski definition) is 4. The summed E-state index contributed by atoms with van der Waals surface area (Å²) in [6.07, 6.45) is 8.58. The monoisotopic (exact) mass is 383 g/mol. The zero-order valence-electron chi connectivity index (χ0n) is 16.8. The van der Waals surface area contributed by atoms with Crippen molar-refractivity contribution in [3.05, 3.63) is 35.1 Å². The zero-order valence-corrected chi connectivity index (χ0v) is 17.6. The van der Waals surface area contributed by atoms with Gasteiger partial charge in [-0.05, 0) is 39.9 Å². The molecule has 1 aromatic carbocycles. The summed E-state index contributed by atoms with van der Waals surface area (Å²) in [4.78, 5) is 8.11. The maximum atomic E-state index is 5.78. The van der Waals surface area contributed by atoms with Crippen molar-refractivity contribution in [3.63, 3.8) is 0 Å². The van der Waals surface area contributed by atoms with Gasteiger partial charge in [-0.3, -0.25) is 0 Å². The summed E-state index contributed by atoms with van der Waals surface area (Å²) in [6.45, 7) is 3.16. The number of ether oxygens (including phenoxy) is 1. The van der Waals surface area contributed by atoms with Crippen molar-refractivity contribution in [2.45, 2.75) is 51.6 Å². The van der Waals surface area contributed by atoms with Gasteiger partial charge in [0, 0.05) is 35.4 Å². The van der Waals surface area contributed by atoms with Crippen LogP contribution in [0.25, 0.3) is 21.3 Å². The molecule has 3 aromatic rings. The molecule has 144 valence electrons. The molecule has 4 nitrogen and oxygen atoms in total. The zero-order chi connectivity index (χ0) is 19.0. The highest BCUT2D eigenvalue weighted by Crippen LogP contribution is 2.44. The van der Waals surface area contributed by atoms with Gasteiger partial charge in [-0.15, -0.1) is 11.3 Å². The van der Waals surface area contributed by atoms with Crippen LogP contribution in [-0.2, 0) is 6.54 Å². The lowest BCUT2D eigenvalue weighted by atomic mass is 9.95. The van der Waals surface area contributed by atoms with Crippen molar-refractivity contribution in [1.29, 1.82) is 0 Å². The summed E-state index contributed by atoms with van der Waals surface area (Å²) >= 11 is 1.81. The first-order valence-corrected chi connectivity index (χ1v) is 10.7. The number of nitrogens with zero attached hydrogens (tertiary/aromatic N) is 3. The summed E-state index contributed by atoms with van der Waals surface area (Å²) in [7, 11) is 5.96. The lowest BCUT2D eigenvalue weighted by Crippen LogP contribution is -2.14. The average Bonchev–Trinajstić information content (AvgIpc) is 3.22. The van der Waals surface area contributed by atoms with Crippen molar-refractivity contribution in [2.24, 2.45) is 0 Å². The van der Waals surface area contributed by atoms with Crippen LogP contribution >= 0.6 is 11.3 Å². The third-order valence-electron chi connectivity index (χ3n) is 5.64. The highest BCUT2D eigenvalue weighted by atomic mass is 32.1. The van der Waals surface area contributed by atoms with E-state index < -0.39 is 0 Å². The van der Waals surface area contributed by atoms with Gasteiger partial charge in [-0.1, -0.05) is 31.4 Å². The second-order valence-electron chi connectivity index (χ2n) is 7.83. The summed E-state index contributed by atoms with van der Waals surface area (Å²) in [5, 5.41) is 2.45. The van der Waals surface area contributed by atoms with Crippen molar-refractivity contribution < 1.29 is 4.74 Å². The Morgan fingerprint density at radius 2 is 2.00 bits per heavy atom. The molecule has 0 unspecified atom stereocenters. The molecular weight excluding hydrogens is 354 g/mol. The van der Waals surface area contributed by atoms with E-state index in [1.165, 1.54) is 59.1 Å². The Hall–Kier alpha value is -1.85. The molecule has 4 rings (SSSR count). The fraction of sp³-hybridized carbons (Fsp3) is 0.500.